The largest absolute Gasteiger partial charge is 0.364 e. The van der Waals surface area contributed by atoms with Gasteiger partial charge in [-0.05, 0) is 38.4 Å². The first-order valence-electron chi connectivity index (χ1n) is 8.40. The number of aromatic nitrogens is 3. The summed E-state index contributed by atoms with van der Waals surface area (Å²) in [5, 5.41) is 6.95. The molecule has 4 rings (SSSR count). The third-order valence-corrected chi connectivity index (χ3v) is 4.60. The van der Waals surface area contributed by atoms with Gasteiger partial charge >= 0.3 is 0 Å². The molecule has 2 aliphatic rings. The van der Waals surface area contributed by atoms with Crippen LogP contribution in [0, 0.1) is 0 Å². The van der Waals surface area contributed by atoms with E-state index in [0.717, 1.165) is 55.1 Å². The Morgan fingerprint density at radius 3 is 2.96 bits per heavy atom. The lowest BCUT2D eigenvalue weighted by molar-refractivity contribution is 0.478. The van der Waals surface area contributed by atoms with E-state index in [1.165, 1.54) is 0 Å². The van der Waals surface area contributed by atoms with E-state index in [1.54, 1.807) is 0 Å². The molecule has 2 N–H and O–H groups in total. The predicted octanol–water partition coefficient (Wildman–Crippen LogP) is 2.14. The van der Waals surface area contributed by atoms with Crippen LogP contribution < -0.4 is 10.6 Å². The van der Waals surface area contributed by atoms with Gasteiger partial charge in [0.2, 0.25) is 0 Å². The van der Waals surface area contributed by atoms with Crippen LogP contribution >= 0.6 is 0 Å². The summed E-state index contributed by atoms with van der Waals surface area (Å²) in [5.41, 5.74) is 3.11. The van der Waals surface area contributed by atoms with Crippen LogP contribution in [0.15, 0.2) is 29.7 Å². The van der Waals surface area contributed by atoms with Gasteiger partial charge < -0.3 is 10.6 Å². The van der Waals surface area contributed by atoms with Gasteiger partial charge in [-0.25, -0.2) is 9.97 Å². The summed E-state index contributed by atoms with van der Waals surface area (Å²) in [6, 6.07) is 0.761. The highest BCUT2D eigenvalue weighted by molar-refractivity contribution is 6.11. The van der Waals surface area contributed by atoms with Gasteiger partial charge in [-0.1, -0.05) is 6.92 Å². The first-order chi connectivity index (χ1) is 11.3. The molecule has 2 aromatic rings. The van der Waals surface area contributed by atoms with Crippen LogP contribution in [0.2, 0.25) is 0 Å². The molecule has 2 aliphatic heterocycles. The number of nitrogens with one attached hydrogen (secondary N) is 2. The Morgan fingerprint density at radius 1 is 1.30 bits per heavy atom. The lowest BCUT2D eigenvalue weighted by atomic mass is 10.1. The van der Waals surface area contributed by atoms with Crippen LogP contribution in [-0.4, -0.2) is 45.8 Å². The fourth-order valence-electron chi connectivity index (χ4n) is 3.24. The Balaban J connectivity index is 1.65. The number of imidazole rings is 1. The summed E-state index contributed by atoms with van der Waals surface area (Å²) < 4.78 is 2.10. The van der Waals surface area contributed by atoms with Gasteiger partial charge in [0.1, 0.15) is 0 Å². The van der Waals surface area contributed by atoms with Crippen LogP contribution in [0.4, 0.5) is 5.82 Å². The topological polar surface area (TPSA) is 66.6 Å². The van der Waals surface area contributed by atoms with Gasteiger partial charge in [0, 0.05) is 30.2 Å². The summed E-state index contributed by atoms with van der Waals surface area (Å²) in [6.07, 6.45) is 13.2. The molecule has 0 bridgehead atoms. The van der Waals surface area contributed by atoms with Crippen molar-refractivity contribution in [1.29, 1.82) is 0 Å². The van der Waals surface area contributed by atoms with Gasteiger partial charge in [-0.2, -0.15) is 0 Å². The minimum atomic E-state index is 0.296. The van der Waals surface area contributed by atoms with Crippen LogP contribution in [0.5, 0.6) is 0 Å². The number of aliphatic imine (C=N–C) groups is 1. The molecule has 0 saturated carbocycles. The van der Waals surface area contributed by atoms with Crippen molar-refractivity contribution in [3.8, 4) is 0 Å². The minimum Gasteiger partial charge on any atom is -0.364 e. The first-order valence-corrected chi connectivity index (χ1v) is 8.40. The average molecular weight is 310 g/mol. The zero-order valence-corrected chi connectivity index (χ0v) is 13.4. The minimum absolute atomic E-state index is 0.296. The molecule has 6 nitrogen and oxygen atoms in total. The van der Waals surface area contributed by atoms with Crippen molar-refractivity contribution in [2.75, 3.05) is 18.4 Å². The number of nitrogens with zero attached hydrogens (tertiary/aromatic N) is 4. The van der Waals surface area contributed by atoms with E-state index in [1.807, 2.05) is 24.8 Å². The zero-order valence-electron chi connectivity index (χ0n) is 13.4. The van der Waals surface area contributed by atoms with E-state index in [9.17, 15) is 0 Å². The summed E-state index contributed by atoms with van der Waals surface area (Å²) in [6.45, 7) is 4.27. The van der Waals surface area contributed by atoms with E-state index in [0.29, 0.717) is 12.1 Å². The second-order valence-electron chi connectivity index (χ2n) is 6.16. The molecule has 0 aliphatic carbocycles. The Labute approximate surface area is 135 Å². The number of fused-ring (bicyclic) bond motifs is 1. The highest BCUT2D eigenvalue weighted by atomic mass is 15.1. The number of piperidine rings is 1. The SMILES string of the molecule is CCC1C=C(c2cnc3c(NC4CCNCC4)nccn23)C=N1. The number of anilines is 1. The van der Waals surface area contributed by atoms with Crippen LogP contribution in [0.3, 0.4) is 0 Å². The lowest BCUT2D eigenvalue weighted by Gasteiger charge is -2.24. The second kappa shape index (κ2) is 6.12. The van der Waals surface area contributed by atoms with Crippen molar-refractivity contribution in [2.24, 2.45) is 4.99 Å². The molecular weight excluding hydrogens is 288 g/mol. The maximum atomic E-state index is 4.60. The summed E-state index contributed by atoms with van der Waals surface area (Å²) in [7, 11) is 0. The van der Waals surface area contributed by atoms with Crippen LogP contribution in [0.25, 0.3) is 11.2 Å². The van der Waals surface area contributed by atoms with E-state index in [4.69, 9.17) is 0 Å². The van der Waals surface area contributed by atoms with Gasteiger partial charge in [0.05, 0.1) is 17.9 Å². The molecule has 0 radical (unpaired) electrons. The third-order valence-electron chi connectivity index (χ3n) is 4.60. The maximum Gasteiger partial charge on any atom is 0.180 e. The van der Waals surface area contributed by atoms with Crippen LogP contribution in [0.1, 0.15) is 31.9 Å². The standard InChI is InChI=1S/C17H22N6/c1-2-13-9-12(10-20-13)15-11-21-17-16(19-7-8-23(15)17)22-14-3-5-18-6-4-14/h7-11,13-14,18H,2-6H2,1H3,(H,19,22). The molecule has 0 spiro atoms. The summed E-state index contributed by atoms with van der Waals surface area (Å²) >= 11 is 0. The molecule has 0 amide bonds. The highest BCUT2D eigenvalue weighted by Crippen LogP contribution is 2.24. The Hall–Kier alpha value is -2.21. The monoisotopic (exact) mass is 310 g/mol. The van der Waals surface area contributed by atoms with E-state index in [-0.39, 0.29) is 0 Å². The summed E-state index contributed by atoms with van der Waals surface area (Å²) in [5.74, 6) is 0.869. The molecule has 6 heteroatoms. The molecule has 1 fully saturated rings. The van der Waals surface area contributed by atoms with Crippen molar-refractivity contribution < 1.29 is 0 Å². The molecule has 4 heterocycles. The summed E-state index contributed by atoms with van der Waals surface area (Å²) in [4.78, 5) is 13.6. The zero-order chi connectivity index (χ0) is 15.6. The second-order valence-corrected chi connectivity index (χ2v) is 6.16. The normalized spacial score (nSPS) is 21.8. The Morgan fingerprint density at radius 2 is 2.17 bits per heavy atom. The molecule has 23 heavy (non-hydrogen) atoms. The quantitative estimate of drug-likeness (QED) is 0.908. The van der Waals surface area contributed by atoms with Crippen LogP contribution in [-0.2, 0) is 0 Å². The predicted molar refractivity (Wildman–Crippen MR) is 93.0 cm³/mol. The van der Waals surface area contributed by atoms with E-state index >= 15 is 0 Å². The van der Waals surface area contributed by atoms with Gasteiger partial charge in [0.25, 0.3) is 0 Å². The molecular formula is C17H22N6. The van der Waals surface area contributed by atoms with Crippen molar-refractivity contribution in [2.45, 2.75) is 38.3 Å². The lowest BCUT2D eigenvalue weighted by Crippen LogP contribution is -2.35. The van der Waals surface area contributed by atoms with Crippen molar-refractivity contribution in [3.63, 3.8) is 0 Å². The molecule has 1 atom stereocenters. The Kier molecular flexibility index (Phi) is 3.83. The number of hydrogen-bond acceptors (Lipinski definition) is 5. The van der Waals surface area contributed by atoms with Gasteiger partial charge in [-0.15, -0.1) is 0 Å². The molecule has 120 valence electrons. The molecule has 1 unspecified atom stereocenters. The Bertz CT molecular complexity index is 754. The van der Waals surface area contributed by atoms with Gasteiger partial charge in [-0.3, -0.25) is 9.39 Å². The number of hydrogen-bond donors (Lipinski definition) is 2. The highest BCUT2D eigenvalue weighted by Gasteiger charge is 2.18. The van der Waals surface area contributed by atoms with Crippen molar-refractivity contribution in [1.82, 2.24) is 19.7 Å². The number of allylic oxidation sites excluding steroid dienone is 1. The van der Waals surface area contributed by atoms with E-state index < -0.39 is 0 Å². The number of rotatable bonds is 4. The van der Waals surface area contributed by atoms with Crippen molar-refractivity contribution >= 4 is 23.3 Å². The van der Waals surface area contributed by atoms with Gasteiger partial charge in [0.15, 0.2) is 11.5 Å². The molecule has 0 aromatic carbocycles. The van der Waals surface area contributed by atoms with E-state index in [2.05, 4.69) is 43.0 Å². The molecule has 1 saturated heterocycles. The fourth-order valence-corrected chi connectivity index (χ4v) is 3.24. The van der Waals surface area contributed by atoms with Crippen molar-refractivity contribution in [3.05, 3.63) is 30.4 Å². The fraction of sp³-hybridized carbons (Fsp3) is 0.471. The smallest absolute Gasteiger partial charge is 0.180 e. The average Bonchev–Trinajstić information content (AvgIpc) is 3.22. The first kappa shape index (κ1) is 14.4. The molecule has 2 aromatic heterocycles. The third kappa shape index (κ3) is 2.74. The maximum absolute atomic E-state index is 4.60.